The van der Waals surface area contributed by atoms with E-state index in [-0.39, 0.29) is 0 Å². The van der Waals surface area contributed by atoms with Crippen molar-refractivity contribution >= 4 is 17.3 Å². The molecule has 0 aromatic heterocycles. The third kappa shape index (κ3) is 2.11. The molecule has 0 fully saturated rings. The summed E-state index contributed by atoms with van der Waals surface area (Å²) < 4.78 is 0. The molecule has 3 heteroatoms. The van der Waals surface area contributed by atoms with Gasteiger partial charge in [0, 0.05) is 18.3 Å². The first-order valence-electron chi connectivity index (χ1n) is 5.31. The summed E-state index contributed by atoms with van der Waals surface area (Å²) >= 11 is 5.63. The maximum atomic E-state index is 9.59. The summed E-state index contributed by atoms with van der Waals surface area (Å²) in [7, 11) is 0. The van der Waals surface area contributed by atoms with Gasteiger partial charge in [-0.25, -0.2) is 0 Å². The second-order valence-electron chi connectivity index (χ2n) is 4.14. The minimum Gasteiger partial charge on any atom is -0.390 e. The summed E-state index contributed by atoms with van der Waals surface area (Å²) in [5, 5.41) is 9.59. The van der Waals surface area contributed by atoms with E-state index in [0.29, 0.717) is 18.5 Å². The molecule has 0 radical (unpaired) electrons. The van der Waals surface area contributed by atoms with Crippen molar-refractivity contribution in [3.8, 4) is 0 Å². The third-order valence-corrected chi connectivity index (χ3v) is 3.29. The molecule has 0 aliphatic carbocycles. The minimum atomic E-state index is -0.444. The summed E-state index contributed by atoms with van der Waals surface area (Å²) in [4.78, 5) is 2.24. The molecule has 0 amide bonds. The van der Waals surface area contributed by atoms with Gasteiger partial charge in [0.25, 0.3) is 0 Å². The van der Waals surface area contributed by atoms with Crippen LogP contribution in [0.3, 0.4) is 0 Å². The lowest BCUT2D eigenvalue weighted by molar-refractivity contribution is 0.201. The highest BCUT2D eigenvalue weighted by atomic mass is 35.5. The van der Waals surface area contributed by atoms with Gasteiger partial charge in [-0.2, -0.15) is 0 Å². The van der Waals surface area contributed by atoms with Crippen molar-refractivity contribution in [2.24, 2.45) is 0 Å². The van der Waals surface area contributed by atoms with Crippen LogP contribution in [-0.2, 0) is 6.42 Å². The lowest BCUT2D eigenvalue weighted by Crippen LogP contribution is -2.37. The number of halogens is 1. The van der Waals surface area contributed by atoms with Gasteiger partial charge in [-0.05, 0) is 25.0 Å². The smallest absolute Gasteiger partial charge is 0.0850 e. The number of benzene rings is 1. The average molecular weight is 226 g/mol. The maximum Gasteiger partial charge on any atom is 0.0850 e. The lowest BCUT2D eigenvalue weighted by Gasteiger charge is -2.26. The van der Waals surface area contributed by atoms with Crippen LogP contribution < -0.4 is 4.90 Å². The maximum absolute atomic E-state index is 9.59. The van der Waals surface area contributed by atoms with E-state index >= 15 is 0 Å². The van der Waals surface area contributed by atoms with E-state index in [4.69, 9.17) is 11.6 Å². The van der Waals surface area contributed by atoms with Crippen LogP contribution in [-0.4, -0.2) is 29.7 Å². The molecule has 15 heavy (non-hydrogen) atoms. The van der Waals surface area contributed by atoms with Crippen LogP contribution in [0.15, 0.2) is 24.3 Å². The van der Waals surface area contributed by atoms with E-state index in [1.54, 1.807) is 0 Å². The number of hydrogen-bond donors (Lipinski definition) is 1. The number of rotatable bonds is 3. The predicted molar refractivity (Wildman–Crippen MR) is 63.7 cm³/mol. The van der Waals surface area contributed by atoms with Crippen molar-refractivity contribution in [2.75, 3.05) is 17.3 Å². The Balaban J connectivity index is 2.18. The van der Waals surface area contributed by atoms with E-state index in [9.17, 15) is 5.11 Å². The van der Waals surface area contributed by atoms with E-state index < -0.39 is 6.10 Å². The largest absolute Gasteiger partial charge is 0.390 e. The second kappa shape index (κ2) is 4.42. The molecule has 0 spiro atoms. The van der Waals surface area contributed by atoms with Crippen molar-refractivity contribution in [1.29, 1.82) is 0 Å². The van der Waals surface area contributed by atoms with Gasteiger partial charge < -0.3 is 10.0 Å². The van der Waals surface area contributed by atoms with Gasteiger partial charge in [0.05, 0.1) is 12.0 Å². The van der Waals surface area contributed by atoms with Gasteiger partial charge in [-0.15, -0.1) is 11.6 Å². The number of aliphatic hydroxyl groups is 1. The Morgan fingerprint density at radius 3 is 3.00 bits per heavy atom. The fraction of sp³-hybridized carbons (Fsp3) is 0.500. The highest BCUT2D eigenvalue weighted by Crippen LogP contribution is 2.31. The Kier molecular flexibility index (Phi) is 3.17. The average Bonchev–Trinajstić information content (AvgIpc) is 2.55. The zero-order valence-corrected chi connectivity index (χ0v) is 9.61. The van der Waals surface area contributed by atoms with Crippen LogP contribution in [0.1, 0.15) is 12.5 Å². The summed E-state index contributed by atoms with van der Waals surface area (Å²) in [5.74, 6) is 0.297. The first-order chi connectivity index (χ1) is 7.22. The first kappa shape index (κ1) is 10.8. The van der Waals surface area contributed by atoms with E-state index in [0.717, 1.165) is 6.42 Å². The number of nitrogens with zero attached hydrogens (tertiary/aromatic N) is 1. The van der Waals surface area contributed by atoms with Crippen LogP contribution in [0, 0.1) is 0 Å². The second-order valence-corrected chi connectivity index (χ2v) is 4.45. The van der Waals surface area contributed by atoms with Gasteiger partial charge in [0.2, 0.25) is 0 Å². The Hall–Kier alpha value is -0.730. The van der Waals surface area contributed by atoms with Crippen molar-refractivity contribution in [3.63, 3.8) is 0 Å². The van der Waals surface area contributed by atoms with Crippen LogP contribution >= 0.6 is 11.6 Å². The normalized spacial score (nSPS) is 21.5. The summed E-state index contributed by atoms with van der Waals surface area (Å²) in [5.41, 5.74) is 2.61. The van der Waals surface area contributed by atoms with E-state index in [1.807, 2.05) is 6.07 Å². The molecular weight excluding hydrogens is 210 g/mol. The molecule has 1 aromatic carbocycles. The monoisotopic (exact) mass is 225 g/mol. The highest BCUT2D eigenvalue weighted by Gasteiger charge is 2.26. The molecule has 1 aliphatic rings. The number of alkyl halides is 1. The van der Waals surface area contributed by atoms with Crippen LogP contribution in [0.5, 0.6) is 0 Å². The van der Waals surface area contributed by atoms with Crippen LogP contribution in [0.25, 0.3) is 0 Å². The molecule has 1 aromatic rings. The molecule has 2 unspecified atom stereocenters. The summed E-state index contributed by atoms with van der Waals surface area (Å²) in [6.07, 6.45) is 0.617. The van der Waals surface area contributed by atoms with Crippen LogP contribution in [0.4, 0.5) is 5.69 Å². The standard InChI is InChI=1S/C12H16ClNO/c1-9-6-10-4-2-3-5-12(10)14(9)8-11(15)7-13/h2-5,9,11,15H,6-8H2,1H3. The van der Waals surface area contributed by atoms with E-state index in [2.05, 4.69) is 30.0 Å². The van der Waals surface area contributed by atoms with Crippen LogP contribution in [0.2, 0.25) is 0 Å². The molecule has 2 rings (SSSR count). The molecule has 0 bridgehead atoms. The Morgan fingerprint density at radius 1 is 1.53 bits per heavy atom. The Morgan fingerprint density at radius 2 is 2.27 bits per heavy atom. The molecule has 0 saturated carbocycles. The Labute approximate surface area is 95.5 Å². The molecule has 1 N–H and O–H groups in total. The first-order valence-corrected chi connectivity index (χ1v) is 5.84. The molecule has 2 atom stereocenters. The Bertz CT molecular complexity index is 342. The van der Waals surface area contributed by atoms with Gasteiger partial charge >= 0.3 is 0 Å². The van der Waals surface area contributed by atoms with Crippen molar-refractivity contribution in [3.05, 3.63) is 29.8 Å². The molecule has 1 aliphatic heterocycles. The predicted octanol–water partition coefficient (Wildman–Crippen LogP) is 2.04. The lowest BCUT2D eigenvalue weighted by atomic mass is 10.1. The topological polar surface area (TPSA) is 23.5 Å². The number of β-amino-alcohol motifs (C(OH)–C–C–N with tert-alkyl or cyclic N) is 1. The molecular formula is C12H16ClNO. The molecule has 1 heterocycles. The van der Waals surface area contributed by atoms with Gasteiger partial charge in [0.15, 0.2) is 0 Å². The third-order valence-electron chi connectivity index (χ3n) is 2.93. The van der Waals surface area contributed by atoms with E-state index in [1.165, 1.54) is 11.3 Å². The van der Waals surface area contributed by atoms with Gasteiger partial charge in [0.1, 0.15) is 0 Å². The number of anilines is 1. The zero-order chi connectivity index (χ0) is 10.8. The SMILES string of the molecule is CC1Cc2ccccc2N1CC(O)CCl. The van der Waals surface area contributed by atoms with Crippen molar-refractivity contribution in [1.82, 2.24) is 0 Å². The fourth-order valence-electron chi connectivity index (χ4n) is 2.18. The quantitative estimate of drug-likeness (QED) is 0.796. The van der Waals surface area contributed by atoms with Gasteiger partial charge in [-0.3, -0.25) is 0 Å². The van der Waals surface area contributed by atoms with Crippen molar-refractivity contribution in [2.45, 2.75) is 25.5 Å². The number of aliphatic hydroxyl groups excluding tert-OH is 1. The highest BCUT2D eigenvalue weighted by molar-refractivity contribution is 6.18. The number of fused-ring (bicyclic) bond motifs is 1. The number of para-hydroxylation sites is 1. The fourth-order valence-corrected chi connectivity index (χ4v) is 2.28. The van der Waals surface area contributed by atoms with Crippen molar-refractivity contribution < 1.29 is 5.11 Å². The molecule has 2 nitrogen and oxygen atoms in total. The number of hydrogen-bond acceptors (Lipinski definition) is 2. The minimum absolute atomic E-state index is 0.297. The zero-order valence-electron chi connectivity index (χ0n) is 8.86. The summed E-state index contributed by atoms with van der Waals surface area (Å²) in [6.45, 7) is 2.81. The summed E-state index contributed by atoms with van der Waals surface area (Å²) in [6, 6.07) is 8.82. The molecule has 82 valence electrons. The van der Waals surface area contributed by atoms with Gasteiger partial charge in [-0.1, -0.05) is 18.2 Å². The molecule has 0 saturated heterocycles.